The van der Waals surface area contributed by atoms with Crippen molar-refractivity contribution in [3.05, 3.63) is 59.7 Å². The molecule has 1 aliphatic heterocycles. The van der Waals surface area contributed by atoms with E-state index in [4.69, 9.17) is 0 Å². The molecule has 6 heteroatoms. The van der Waals surface area contributed by atoms with Crippen molar-refractivity contribution in [1.82, 2.24) is 4.72 Å². The molecule has 5 nitrogen and oxygen atoms in total. The Bertz CT molecular complexity index is 940. The van der Waals surface area contributed by atoms with E-state index in [1.807, 2.05) is 37.3 Å². The average molecular weight is 401 g/mol. The van der Waals surface area contributed by atoms with E-state index in [9.17, 15) is 13.2 Å². The molecule has 1 atom stereocenters. The van der Waals surface area contributed by atoms with E-state index in [1.54, 1.807) is 23.1 Å². The topological polar surface area (TPSA) is 66.5 Å². The number of carbonyl (C=O) groups excluding carboxylic acids is 1. The largest absolute Gasteiger partial charge is 0.312 e. The second-order valence-corrected chi connectivity index (χ2v) is 9.53. The fourth-order valence-electron chi connectivity index (χ4n) is 3.67. The molecule has 2 aromatic carbocycles. The molecule has 1 aliphatic rings. The van der Waals surface area contributed by atoms with Gasteiger partial charge in [-0.2, -0.15) is 0 Å². The Labute approximate surface area is 167 Å². The van der Waals surface area contributed by atoms with Gasteiger partial charge < -0.3 is 4.90 Å². The first-order valence-corrected chi connectivity index (χ1v) is 11.2. The number of hydrogen-bond donors (Lipinski definition) is 1. The molecular weight excluding hydrogens is 372 g/mol. The van der Waals surface area contributed by atoms with Crippen LogP contribution in [0.4, 0.5) is 5.69 Å². The Hall–Kier alpha value is -2.18. The van der Waals surface area contributed by atoms with E-state index in [2.05, 4.69) is 18.6 Å². The van der Waals surface area contributed by atoms with Crippen LogP contribution < -0.4 is 9.62 Å². The third-order valence-corrected chi connectivity index (χ3v) is 6.52. The van der Waals surface area contributed by atoms with Crippen molar-refractivity contribution in [2.75, 3.05) is 11.4 Å². The monoisotopic (exact) mass is 400 g/mol. The van der Waals surface area contributed by atoms with Gasteiger partial charge in [0, 0.05) is 24.7 Å². The SMILES string of the molecule is Cc1cc(S(=O)(=O)N[C@@H](CC(C)C)c2ccccc2)ccc1N1CCCC1=O. The zero-order valence-corrected chi connectivity index (χ0v) is 17.5. The fourth-order valence-corrected chi connectivity index (χ4v) is 4.99. The van der Waals surface area contributed by atoms with Gasteiger partial charge in [-0.15, -0.1) is 0 Å². The second kappa shape index (κ2) is 8.45. The number of hydrogen-bond acceptors (Lipinski definition) is 3. The van der Waals surface area contributed by atoms with Gasteiger partial charge in [-0.05, 0) is 55.0 Å². The van der Waals surface area contributed by atoms with Gasteiger partial charge in [0.15, 0.2) is 0 Å². The fraction of sp³-hybridized carbons (Fsp3) is 0.409. The van der Waals surface area contributed by atoms with Gasteiger partial charge in [-0.3, -0.25) is 4.79 Å². The number of carbonyl (C=O) groups is 1. The zero-order chi connectivity index (χ0) is 20.3. The quantitative estimate of drug-likeness (QED) is 0.758. The Morgan fingerprint density at radius 3 is 2.39 bits per heavy atom. The van der Waals surface area contributed by atoms with E-state index in [0.29, 0.717) is 25.3 Å². The molecule has 1 N–H and O–H groups in total. The molecule has 0 aliphatic carbocycles. The van der Waals surface area contributed by atoms with Crippen LogP contribution in [0, 0.1) is 12.8 Å². The van der Waals surface area contributed by atoms with Gasteiger partial charge in [0.05, 0.1) is 4.90 Å². The van der Waals surface area contributed by atoms with Crippen molar-refractivity contribution in [3.8, 4) is 0 Å². The van der Waals surface area contributed by atoms with E-state index in [0.717, 1.165) is 23.2 Å². The molecule has 0 saturated carbocycles. The lowest BCUT2D eigenvalue weighted by atomic mass is 9.98. The van der Waals surface area contributed by atoms with Crippen LogP contribution in [0.3, 0.4) is 0 Å². The molecule has 1 heterocycles. The highest BCUT2D eigenvalue weighted by Crippen LogP contribution is 2.29. The molecule has 0 radical (unpaired) electrons. The minimum Gasteiger partial charge on any atom is -0.312 e. The summed E-state index contributed by atoms with van der Waals surface area (Å²) in [6.07, 6.45) is 2.10. The Kier molecular flexibility index (Phi) is 6.20. The Morgan fingerprint density at radius 2 is 1.82 bits per heavy atom. The van der Waals surface area contributed by atoms with Gasteiger partial charge in [0.1, 0.15) is 0 Å². The van der Waals surface area contributed by atoms with Gasteiger partial charge in [-0.1, -0.05) is 44.2 Å². The normalized spacial score (nSPS) is 16.0. The molecule has 150 valence electrons. The van der Waals surface area contributed by atoms with Crippen LogP contribution in [0.5, 0.6) is 0 Å². The Morgan fingerprint density at radius 1 is 1.11 bits per heavy atom. The van der Waals surface area contributed by atoms with Crippen LogP contribution in [0.2, 0.25) is 0 Å². The van der Waals surface area contributed by atoms with Crippen molar-refractivity contribution in [3.63, 3.8) is 0 Å². The maximum absolute atomic E-state index is 13.1. The summed E-state index contributed by atoms with van der Waals surface area (Å²) < 4.78 is 29.0. The molecule has 0 spiro atoms. The minimum absolute atomic E-state index is 0.0953. The first-order valence-electron chi connectivity index (χ1n) is 9.76. The number of rotatable bonds is 7. The molecule has 1 amide bonds. The lowest BCUT2D eigenvalue weighted by molar-refractivity contribution is -0.117. The van der Waals surface area contributed by atoms with Crippen LogP contribution in [0.25, 0.3) is 0 Å². The smallest absolute Gasteiger partial charge is 0.241 e. The van der Waals surface area contributed by atoms with Gasteiger partial charge in [0.2, 0.25) is 15.9 Å². The van der Waals surface area contributed by atoms with Crippen molar-refractivity contribution >= 4 is 21.6 Å². The van der Waals surface area contributed by atoms with Crippen LogP contribution in [-0.2, 0) is 14.8 Å². The first kappa shape index (κ1) is 20.6. The molecular formula is C22H28N2O3S. The number of amides is 1. The number of anilines is 1. The third-order valence-electron chi connectivity index (χ3n) is 5.05. The summed E-state index contributed by atoms with van der Waals surface area (Å²) in [5, 5.41) is 0. The standard InChI is InChI=1S/C22H28N2O3S/c1-16(2)14-20(18-8-5-4-6-9-18)23-28(26,27)19-11-12-21(17(3)15-19)24-13-7-10-22(24)25/h4-6,8-9,11-12,15-16,20,23H,7,10,13-14H2,1-3H3/t20-/m0/s1. The van der Waals surface area contributed by atoms with Crippen molar-refractivity contribution in [2.24, 2.45) is 5.92 Å². The maximum Gasteiger partial charge on any atom is 0.241 e. The second-order valence-electron chi connectivity index (χ2n) is 7.81. The highest BCUT2D eigenvalue weighted by molar-refractivity contribution is 7.89. The summed E-state index contributed by atoms with van der Waals surface area (Å²) in [7, 11) is -3.68. The highest BCUT2D eigenvalue weighted by Gasteiger charge is 2.26. The van der Waals surface area contributed by atoms with E-state index >= 15 is 0 Å². The lowest BCUT2D eigenvalue weighted by Crippen LogP contribution is -2.30. The molecule has 0 aromatic heterocycles. The van der Waals surface area contributed by atoms with Crippen LogP contribution in [-0.4, -0.2) is 20.9 Å². The summed E-state index contributed by atoms with van der Waals surface area (Å²) in [4.78, 5) is 14.0. The molecule has 1 fully saturated rings. The summed E-state index contributed by atoms with van der Waals surface area (Å²) in [6.45, 7) is 6.70. The molecule has 2 aromatic rings. The van der Waals surface area contributed by atoms with Crippen molar-refractivity contribution in [1.29, 1.82) is 0 Å². The van der Waals surface area contributed by atoms with E-state index in [-0.39, 0.29) is 16.8 Å². The highest BCUT2D eigenvalue weighted by atomic mass is 32.2. The predicted molar refractivity (Wildman–Crippen MR) is 112 cm³/mol. The van der Waals surface area contributed by atoms with Crippen LogP contribution in [0.1, 0.15) is 50.3 Å². The predicted octanol–water partition coefficient (Wildman–Crippen LogP) is 4.19. The number of nitrogens with zero attached hydrogens (tertiary/aromatic N) is 1. The molecule has 0 bridgehead atoms. The van der Waals surface area contributed by atoms with E-state index < -0.39 is 10.0 Å². The number of aryl methyl sites for hydroxylation is 1. The molecule has 1 saturated heterocycles. The molecule has 0 unspecified atom stereocenters. The van der Waals surface area contributed by atoms with E-state index in [1.165, 1.54) is 0 Å². The average Bonchev–Trinajstić information content (AvgIpc) is 3.07. The van der Waals surface area contributed by atoms with Crippen molar-refractivity contribution in [2.45, 2.75) is 51.0 Å². The van der Waals surface area contributed by atoms with Crippen LogP contribution in [0.15, 0.2) is 53.4 Å². The summed E-state index contributed by atoms with van der Waals surface area (Å²) in [5.74, 6) is 0.441. The number of nitrogens with one attached hydrogen (secondary N) is 1. The summed E-state index contributed by atoms with van der Waals surface area (Å²) in [5.41, 5.74) is 2.54. The minimum atomic E-state index is -3.68. The first-order chi connectivity index (χ1) is 13.3. The number of sulfonamides is 1. The Balaban J connectivity index is 1.86. The molecule has 3 rings (SSSR count). The summed E-state index contributed by atoms with van der Waals surface area (Å²) in [6, 6.07) is 14.4. The van der Waals surface area contributed by atoms with Gasteiger partial charge >= 0.3 is 0 Å². The van der Waals surface area contributed by atoms with Gasteiger partial charge in [-0.25, -0.2) is 13.1 Å². The van der Waals surface area contributed by atoms with Crippen molar-refractivity contribution < 1.29 is 13.2 Å². The van der Waals surface area contributed by atoms with Gasteiger partial charge in [0.25, 0.3) is 0 Å². The molecule has 28 heavy (non-hydrogen) atoms. The lowest BCUT2D eigenvalue weighted by Gasteiger charge is -2.22. The number of benzene rings is 2. The third kappa shape index (κ3) is 4.62. The summed E-state index contributed by atoms with van der Waals surface area (Å²) >= 11 is 0. The van der Waals surface area contributed by atoms with Crippen LogP contribution >= 0.6 is 0 Å². The maximum atomic E-state index is 13.1. The zero-order valence-electron chi connectivity index (χ0n) is 16.7.